The van der Waals surface area contributed by atoms with Crippen molar-refractivity contribution >= 4 is 11.8 Å². The number of carbonyl (C=O) groups is 2. The van der Waals surface area contributed by atoms with Crippen LogP contribution in [0.5, 0.6) is 0 Å². The summed E-state index contributed by atoms with van der Waals surface area (Å²) in [5.41, 5.74) is 5.16. The smallest absolute Gasteiger partial charge is 0.253 e. The van der Waals surface area contributed by atoms with Crippen molar-refractivity contribution in [1.82, 2.24) is 4.90 Å². The van der Waals surface area contributed by atoms with Gasteiger partial charge in [-0.3, -0.25) is 14.5 Å². The summed E-state index contributed by atoms with van der Waals surface area (Å²) in [5, 5.41) is 0. The minimum absolute atomic E-state index is 0. The zero-order valence-corrected chi connectivity index (χ0v) is 5.41. The highest BCUT2D eigenvalue weighted by Crippen LogP contribution is 2.00. The lowest BCUT2D eigenvalue weighted by atomic mass is 10.5. The molecule has 11 heavy (non-hydrogen) atoms. The summed E-state index contributed by atoms with van der Waals surface area (Å²) in [4.78, 5) is 22.6. The summed E-state index contributed by atoms with van der Waals surface area (Å²) in [6, 6.07) is 0. The number of imide groups is 1. The second-order valence-corrected chi connectivity index (χ2v) is 1.95. The van der Waals surface area contributed by atoms with E-state index in [9.17, 15) is 9.59 Å². The SMILES string of the molecule is C.NCCN1C(=O)C=CC1=O. The fourth-order valence-electron chi connectivity index (χ4n) is 0.781. The van der Waals surface area contributed by atoms with E-state index in [0.717, 1.165) is 4.90 Å². The Hall–Kier alpha value is -1.16. The first-order chi connectivity index (χ1) is 4.75. The van der Waals surface area contributed by atoms with E-state index in [1.807, 2.05) is 0 Å². The van der Waals surface area contributed by atoms with Crippen LogP contribution in [-0.2, 0) is 9.59 Å². The molecule has 0 bridgehead atoms. The van der Waals surface area contributed by atoms with Gasteiger partial charge in [-0.25, -0.2) is 0 Å². The summed E-state index contributed by atoms with van der Waals surface area (Å²) in [5.74, 6) is -0.536. The third kappa shape index (κ3) is 1.88. The van der Waals surface area contributed by atoms with Crippen LogP contribution in [0.4, 0.5) is 0 Å². The summed E-state index contributed by atoms with van der Waals surface area (Å²) < 4.78 is 0. The Labute approximate surface area is 65.7 Å². The van der Waals surface area contributed by atoms with Crippen LogP contribution < -0.4 is 5.73 Å². The van der Waals surface area contributed by atoms with Crippen LogP contribution in [-0.4, -0.2) is 29.8 Å². The van der Waals surface area contributed by atoms with E-state index >= 15 is 0 Å². The lowest BCUT2D eigenvalue weighted by molar-refractivity contribution is -0.136. The summed E-state index contributed by atoms with van der Waals surface area (Å²) in [6.07, 6.45) is 2.50. The summed E-state index contributed by atoms with van der Waals surface area (Å²) in [7, 11) is 0. The van der Waals surface area contributed by atoms with E-state index in [2.05, 4.69) is 0 Å². The van der Waals surface area contributed by atoms with Crippen LogP contribution in [0, 0.1) is 0 Å². The van der Waals surface area contributed by atoms with Gasteiger partial charge in [-0.1, -0.05) is 7.43 Å². The van der Waals surface area contributed by atoms with Gasteiger partial charge in [0.05, 0.1) is 0 Å². The zero-order valence-electron chi connectivity index (χ0n) is 5.41. The molecular formula is C7H12N2O2. The van der Waals surface area contributed by atoms with Crippen molar-refractivity contribution in [3.05, 3.63) is 12.2 Å². The van der Waals surface area contributed by atoms with Crippen molar-refractivity contribution in [3.63, 3.8) is 0 Å². The van der Waals surface area contributed by atoms with Gasteiger partial charge in [-0.05, 0) is 0 Å². The number of nitrogens with two attached hydrogens (primary N) is 1. The van der Waals surface area contributed by atoms with E-state index in [4.69, 9.17) is 5.73 Å². The monoisotopic (exact) mass is 156 g/mol. The summed E-state index contributed by atoms with van der Waals surface area (Å²) in [6.45, 7) is 0.629. The highest BCUT2D eigenvalue weighted by atomic mass is 16.2. The topological polar surface area (TPSA) is 63.4 Å². The Morgan fingerprint density at radius 3 is 2.09 bits per heavy atom. The van der Waals surface area contributed by atoms with Crippen molar-refractivity contribution in [3.8, 4) is 0 Å². The maximum absolute atomic E-state index is 10.7. The quantitative estimate of drug-likeness (QED) is 0.548. The highest BCUT2D eigenvalue weighted by molar-refractivity contribution is 6.12. The molecule has 62 valence electrons. The molecule has 4 heteroatoms. The molecule has 0 saturated heterocycles. The molecule has 0 unspecified atom stereocenters. The molecule has 4 nitrogen and oxygen atoms in total. The first kappa shape index (κ1) is 9.84. The van der Waals surface area contributed by atoms with E-state index in [0.29, 0.717) is 13.1 Å². The Kier molecular flexibility index (Phi) is 3.47. The van der Waals surface area contributed by atoms with E-state index in [1.54, 1.807) is 0 Å². The number of amides is 2. The Morgan fingerprint density at radius 1 is 1.27 bits per heavy atom. The van der Waals surface area contributed by atoms with Crippen LogP contribution in [0.25, 0.3) is 0 Å². The van der Waals surface area contributed by atoms with Crippen molar-refractivity contribution in [2.24, 2.45) is 5.73 Å². The molecule has 1 aliphatic rings. The molecule has 0 spiro atoms. The molecule has 0 atom stereocenters. The predicted octanol–water partition coefficient (Wildman–Crippen LogP) is -0.494. The van der Waals surface area contributed by atoms with Crippen LogP contribution in [0.2, 0.25) is 0 Å². The van der Waals surface area contributed by atoms with Gasteiger partial charge in [-0.15, -0.1) is 0 Å². The van der Waals surface area contributed by atoms with Gasteiger partial charge in [0.15, 0.2) is 0 Å². The second kappa shape index (κ2) is 3.88. The first-order valence-corrected chi connectivity index (χ1v) is 2.99. The molecule has 0 aromatic heterocycles. The average Bonchev–Trinajstić information content (AvgIpc) is 2.20. The normalized spacial score (nSPS) is 15.5. The molecule has 0 fully saturated rings. The number of hydrogen-bond acceptors (Lipinski definition) is 3. The maximum Gasteiger partial charge on any atom is 0.253 e. The van der Waals surface area contributed by atoms with Gasteiger partial charge in [0.25, 0.3) is 11.8 Å². The molecule has 0 aromatic carbocycles. The minimum atomic E-state index is -0.268. The molecule has 1 rings (SSSR count). The van der Waals surface area contributed by atoms with Gasteiger partial charge < -0.3 is 5.73 Å². The molecule has 0 aliphatic carbocycles. The van der Waals surface area contributed by atoms with Crippen LogP contribution in [0.1, 0.15) is 7.43 Å². The molecule has 2 amide bonds. The average molecular weight is 156 g/mol. The molecule has 0 radical (unpaired) electrons. The standard InChI is InChI=1S/C6H8N2O2.CH4/c7-3-4-8-5(9)1-2-6(8)10;/h1-2H,3-4,7H2;1H4. The number of nitrogens with zero attached hydrogens (tertiary/aromatic N) is 1. The Bertz CT molecular complexity index is 181. The fraction of sp³-hybridized carbons (Fsp3) is 0.429. The molecule has 1 heterocycles. The lowest BCUT2D eigenvalue weighted by Crippen LogP contribution is -2.34. The molecule has 2 N–H and O–H groups in total. The fourth-order valence-corrected chi connectivity index (χ4v) is 0.781. The molecule has 1 aliphatic heterocycles. The lowest BCUT2D eigenvalue weighted by Gasteiger charge is -2.10. The van der Waals surface area contributed by atoms with E-state index in [1.165, 1.54) is 12.2 Å². The van der Waals surface area contributed by atoms with Gasteiger partial charge in [0.1, 0.15) is 0 Å². The van der Waals surface area contributed by atoms with Crippen molar-refractivity contribution in [2.45, 2.75) is 7.43 Å². The third-order valence-corrected chi connectivity index (χ3v) is 1.25. The molecule has 0 saturated carbocycles. The van der Waals surface area contributed by atoms with Crippen LogP contribution in [0.3, 0.4) is 0 Å². The van der Waals surface area contributed by atoms with Crippen molar-refractivity contribution < 1.29 is 9.59 Å². The largest absolute Gasteiger partial charge is 0.329 e. The zero-order chi connectivity index (χ0) is 7.56. The maximum atomic E-state index is 10.7. The minimum Gasteiger partial charge on any atom is -0.329 e. The number of hydrogen-bond donors (Lipinski definition) is 1. The number of carbonyl (C=O) groups excluding carboxylic acids is 2. The molecule has 0 aromatic rings. The molecular weight excluding hydrogens is 144 g/mol. The predicted molar refractivity (Wildman–Crippen MR) is 41.6 cm³/mol. The van der Waals surface area contributed by atoms with Gasteiger partial charge in [0, 0.05) is 25.2 Å². The van der Waals surface area contributed by atoms with Crippen LogP contribution in [0.15, 0.2) is 12.2 Å². The van der Waals surface area contributed by atoms with Gasteiger partial charge in [0.2, 0.25) is 0 Å². The van der Waals surface area contributed by atoms with Crippen molar-refractivity contribution in [1.29, 1.82) is 0 Å². The van der Waals surface area contributed by atoms with Crippen molar-refractivity contribution in [2.75, 3.05) is 13.1 Å². The Morgan fingerprint density at radius 2 is 1.73 bits per heavy atom. The van der Waals surface area contributed by atoms with E-state index in [-0.39, 0.29) is 19.2 Å². The van der Waals surface area contributed by atoms with Crippen LogP contribution >= 0.6 is 0 Å². The number of rotatable bonds is 2. The Balaban J connectivity index is 0.000001000. The second-order valence-electron chi connectivity index (χ2n) is 1.95. The van der Waals surface area contributed by atoms with Gasteiger partial charge >= 0.3 is 0 Å². The van der Waals surface area contributed by atoms with E-state index < -0.39 is 0 Å². The van der Waals surface area contributed by atoms with Gasteiger partial charge in [-0.2, -0.15) is 0 Å². The highest BCUT2D eigenvalue weighted by Gasteiger charge is 2.21. The first-order valence-electron chi connectivity index (χ1n) is 2.99. The summed E-state index contributed by atoms with van der Waals surface area (Å²) >= 11 is 0. The third-order valence-electron chi connectivity index (χ3n) is 1.25.